The van der Waals surface area contributed by atoms with E-state index in [1.54, 1.807) is 6.92 Å². The summed E-state index contributed by atoms with van der Waals surface area (Å²) in [5, 5.41) is 0. The van der Waals surface area contributed by atoms with E-state index in [1.807, 2.05) is 30.1 Å². The molecule has 0 spiro atoms. The summed E-state index contributed by atoms with van der Waals surface area (Å²) in [6.45, 7) is 3.28. The Morgan fingerprint density at radius 2 is 2.26 bits per heavy atom. The first-order chi connectivity index (χ1) is 8.99. The normalized spacial score (nSPS) is 19.4. The van der Waals surface area contributed by atoms with Gasteiger partial charge in [-0.15, -0.1) is 0 Å². The third-order valence-corrected chi connectivity index (χ3v) is 4.24. The maximum atomic E-state index is 11.5. The van der Waals surface area contributed by atoms with Crippen LogP contribution in [0.5, 0.6) is 0 Å². The predicted octanol–water partition coefficient (Wildman–Crippen LogP) is 1.87. The van der Waals surface area contributed by atoms with Gasteiger partial charge in [0.05, 0.1) is 9.26 Å². The first kappa shape index (κ1) is 14.5. The fourth-order valence-electron chi connectivity index (χ4n) is 2.36. The molecule has 0 aromatic carbocycles. The molecule has 1 amide bonds. The van der Waals surface area contributed by atoms with Gasteiger partial charge >= 0.3 is 0 Å². The smallest absolute Gasteiger partial charge is 0.225 e. The molecule has 1 aromatic heterocycles. The van der Waals surface area contributed by atoms with Gasteiger partial charge in [-0.25, -0.2) is 9.97 Å². The summed E-state index contributed by atoms with van der Waals surface area (Å²) in [7, 11) is 3.88. The minimum absolute atomic E-state index is 0.154. The number of hydrogen-bond donors (Lipinski definition) is 0. The highest BCUT2D eigenvalue weighted by Crippen LogP contribution is 2.29. The van der Waals surface area contributed by atoms with Crippen molar-refractivity contribution in [3.8, 4) is 0 Å². The largest absolute Gasteiger partial charge is 0.347 e. The number of carbonyl (C=O) groups excluding carboxylic acids is 1. The molecular weight excluding hydrogens is 355 g/mol. The molecule has 0 saturated carbocycles. The maximum Gasteiger partial charge on any atom is 0.225 e. The van der Waals surface area contributed by atoms with Crippen LogP contribution in [0.2, 0.25) is 0 Å². The topological polar surface area (TPSA) is 49.3 Å². The van der Waals surface area contributed by atoms with Crippen molar-refractivity contribution in [1.29, 1.82) is 0 Å². The Bertz CT molecular complexity index is 478. The quantitative estimate of drug-likeness (QED) is 0.742. The fourth-order valence-corrected chi connectivity index (χ4v) is 3.06. The predicted molar refractivity (Wildman–Crippen MR) is 83.3 cm³/mol. The number of halogens is 1. The van der Waals surface area contributed by atoms with E-state index in [2.05, 4.69) is 32.6 Å². The Balaban J connectivity index is 2.25. The van der Waals surface area contributed by atoms with Gasteiger partial charge in [0.25, 0.3) is 0 Å². The summed E-state index contributed by atoms with van der Waals surface area (Å²) >= 11 is 2.28. The van der Waals surface area contributed by atoms with Gasteiger partial charge in [0.2, 0.25) is 11.9 Å². The monoisotopic (exact) mass is 374 g/mol. The van der Waals surface area contributed by atoms with Crippen molar-refractivity contribution in [3.63, 3.8) is 0 Å². The van der Waals surface area contributed by atoms with Crippen LogP contribution in [0.25, 0.3) is 0 Å². The zero-order valence-electron chi connectivity index (χ0n) is 11.6. The van der Waals surface area contributed by atoms with E-state index in [0.717, 1.165) is 41.1 Å². The lowest BCUT2D eigenvalue weighted by Gasteiger charge is -2.32. The van der Waals surface area contributed by atoms with E-state index in [-0.39, 0.29) is 5.91 Å². The molecule has 1 saturated heterocycles. The van der Waals surface area contributed by atoms with Crippen LogP contribution in [0.4, 0.5) is 5.95 Å². The molecule has 1 aliphatic heterocycles. The van der Waals surface area contributed by atoms with Crippen molar-refractivity contribution in [3.05, 3.63) is 15.5 Å². The average molecular weight is 374 g/mol. The summed E-state index contributed by atoms with van der Waals surface area (Å²) in [5.41, 5.74) is 1.07. The number of nitrogens with zero attached hydrogens (tertiary/aromatic N) is 4. The fraction of sp³-hybridized carbons (Fsp3) is 0.615. The molecule has 1 atom stereocenters. The first-order valence-corrected chi connectivity index (χ1v) is 7.52. The summed E-state index contributed by atoms with van der Waals surface area (Å²) in [5.74, 6) is 1.21. The van der Waals surface area contributed by atoms with Crippen LogP contribution < -0.4 is 4.90 Å². The lowest BCUT2D eigenvalue weighted by Crippen LogP contribution is -2.38. The van der Waals surface area contributed by atoms with Crippen LogP contribution in [0.3, 0.4) is 0 Å². The zero-order valence-corrected chi connectivity index (χ0v) is 13.7. The van der Waals surface area contributed by atoms with Crippen LogP contribution in [0, 0.1) is 3.57 Å². The molecular formula is C13H19IN4O. The van der Waals surface area contributed by atoms with Crippen LogP contribution in [-0.2, 0) is 4.79 Å². The molecule has 1 aromatic rings. The van der Waals surface area contributed by atoms with Crippen molar-refractivity contribution < 1.29 is 4.79 Å². The second-order valence-electron chi connectivity index (χ2n) is 5.10. The van der Waals surface area contributed by atoms with Crippen molar-refractivity contribution in [1.82, 2.24) is 14.9 Å². The lowest BCUT2D eigenvalue weighted by atomic mass is 9.94. The van der Waals surface area contributed by atoms with Crippen molar-refractivity contribution in [2.45, 2.75) is 25.7 Å². The van der Waals surface area contributed by atoms with Crippen LogP contribution >= 0.6 is 22.6 Å². The second-order valence-corrected chi connectivity index (χ2v) is 6.26. The van der Waals surface area contributed by atoms with E-state index in [9.17, 15) is 4.79 Å². The van der Waals surface area contributed by atoms with Gasteiger partial charge in [-0.1, -0.05) is 0 Å². The van der Waals surface area contributed by atoms with Crippen LogP contribution in [0.15, 0.2) is 6.20 Å². The summed E-state index contributed by atoms with van der Waals surface area (Å²) in [6, 6.07) is 0. The highest BCUT2D eigenvalue weighted by Gasteiger charge is 2.26. The minimum atomic E-state index is 0.154. The molecule has 0 aliphatic carbocycles. The zero-order chi connectivity index (χ0) is 14.0. The highest BCUT2D eigenvalue weighted by molar-refractivity contribution is 14.1. The Morgan fingerprint density at radius 1 is 1.53 bits per heavy atom. The summed E-state index contributed by atoms with van der Waals surface area (Å²) in [6.07, 6.45) is 4.00. The van der Waals surface area contributed by atoms with E-state index in [0.29, 0.717) is 5.92 Å². The molecule has 19 heavy (non-hydrogen) atoms. The number of hydrogen-bond acceptors (Lipinski definition) is 4. The molecule has 1 aliphatic rings. The Hall–Kier alpha value is -0.920. The third-order valence-electron chi connectivity index (χ3n) is 3.41. The highest BCUT2D eigenvalue weighted by atomic mass is 127. The van der Waals surface area contributed by atoms with Crippen LogP contribution in [0.1, 0.15) is 31.4 Å². The van der Waals surface area contributed by atoms with Crippen molar-refractivity contribution >= 4 is 34.4 Å². The third kappa shape index (κ3) is 3.34. The molecule has 2 rings (SSSR count). The minimum Gasteiger partial charge on any atom is -0.347 e. The Kier molecular flexibility index (Phi) is 4.59. The average Bonchev–Trinajstić information content (AvgIpc) is 2.39. The van der Waals surface area contributed by atoms with Gasteiger partial charge in [0, 0.05) is 46.2 Å². The summed E-state index contributed by atoms with van der Waals surface area (Å²) in [4.78, 5) is 24.3. The maximum absolute atomic E-state index is 11.5. The van der Waals surface area contributed by atoms with Gasteiger partial charge in [-0.2, -0.15) is 0 Å². The number of amides is 1. The van der Waals surface area contributed by atoms with Gasteiger partial charge in [0.15, 0.2) is 0 Å². The molecule has 6 heteroatoms. The first-order valence-electron chi connectivity index (χ1n) is 6.44. The SMILES string of the molecule is CC(=O)N1CCCC(c2nc(N(C)C)ncc2I)C1. The Morgan fingerprint density at radius 3 is 2.89 bits per heavy atom. The number of carbonyl (C=O) groups is 1. The van der Waals surface area contributed by atoms with E-state index >= 15 is 0 Å². The summed E-state index contributed by atoms with van der Waals surface area (Å²) < 4.78 is 1.08. The molecule has 2 heterocycles. The molecule has 0 bridgehead atoms. The second kappa shape index (κ2) is 6.02. The van der Waals surface area contributed by atoms with E-state index in [1.165, 1.54) is 0 Å². The number of anilines is 1. The van der Waals surface area contributed by atoms with Gasteiger partial charge < -0.3 is 9.80 Å². The van der Waals surface area contributed by atoms with Crippen LogP contribution in [-0.4, -0.2) is 48.0 Å². The van der Waals surface area contributed by atoms with Gasteiger partial charge in [-0.05, 0) is 35.4 Å². The number of piperidine rings is 1. The number of rotatable bonds is 2. The van der Waals surface area contributed by atoms with Gasteiger partial charge in [0.1, 0.15) is 0 Å². The molecule has 1 unspecified atom stereocenters. The van der Waals surface area contributed by atoms with E-state index in [4.69, 9.17) is 0 Å². The lowest BCUT2D eigenvalue weighted by molar-refractivity contribution is -0.130. The molecule has 104 valence electrons. The van der Waals surface area contributed by atoms with Crippen molar-refractivity contribution in [2.75, 3.05) is 32.1 Å². The van der Waals surface area contributed by atoms with E-state index < -0.39 is 0 Å². The molecule has 1 fully saturated rings. The van der Waals surface area contributed by atoms with Gasteiger partial charge in [-0.3, -0.25) is 4.79 Å². The molecule has 5 nitrogen and oxygen atoms in total. The molecule has 0 radical (unpaired) electrons. The number of aromatic nitrogens is 2. The standard InChI is InChI=1S/C13H19IN4O/c1-9(19)18-6-4-5-10(8-18)12-11(14)7-15-13(16-12)17(2)3/h7,10H,4-6,8H2,1-3H3. The van der Waals surface area contributed by atoms with Crippen molar-refractivity contribution in [2.24, 2.45) is 0 Å². The number of likely N-dealkylation sites (tertiary alicyclic amines) is 1. The Labute approximate surface area is 127 Å². The molecule has 0 N–H and O–H groups in total.